The van der Waals surface area contributed by atoms with Crippen LogP contribution in [0, 0.1) is 0 Å². The molecule has 0 amide bonds. The molecule has 2 unspecified atom stereocenters. The van der Waals surface area contributed by atoms with Crippen molar-refractivity contribution in [3.05, 3.63) is 207 Å². The van der Waals surface area contributed by atoms with Crippen LogP contribution in [-0.4, -0.2) is 49.3 Å². The van der Waals surface area contributed by atoms with Crippen LogP contribution in [0.25, 0.3) is 0 Å². The lowest BCUT2D eigenvalue weighted by Crippen LogP contribution is -2.29. The highest BCUT2D eigenvalue weighted by atomic mass is 31.2. The number of hydrogen-bond donors (Lipinski definition) is 2. The molecule has 0 saturated carbocycles. The summed E-state index contributed by atoms with van der Waals surface area (Å²) in [6.07, 6.45) is 119. The van der Waals surface area contributed by atoms with Gasteiger partial charge in [0.2, 0.25) is 0 Å². The van der Waals surface area contributed by atoms with Crippen LogP contribution in [0.5, 0.6) is 0 Å². The van der Waals surface area contributed by atoms with Gasteiger partial charge in [-0.05, 0) is 148 Å². The van der Waals surface area contributed by atoms with Gasteiger partial charge < -0.3 is 20.1 Å². The fraction of sp³-hybridized carbons (Fsp3) is 0.576. The molecule has 534 valence electrons. The molecule has 0 spiro atoms. The minimum atomic E-state index is -4.42. The first kappa shape index (κ1) is 89.6. The Kier molecular flexibility index (Phi) is 73.2. The first-order chi connectivity index (χ1) is 46.8. The lowest BCUT2D eigenvalue weighted by atomic mass is 10.0. The largest absolute Gasteiger partial charge is 0.472 e. The third kappa shape index (κ3) is 77.5. The minimum absolute atomic E-state index is 0.0394. The summed E-state index contributed by atoms with van der Waals surface area (Å²) in [6, 6.07) is 0. The standard InChI is InChI=1S/C85H136NO8P/c1-3-5-7-9-11-13-15-17-19-21-23-25-27-29-31-33-35-37-39-40-41-42-44-45-47-49-51-53-55-57-59-61-63-65-67-69-71-73-75-77-84(87)91-81-83(82-93-95(89,90)92-80-79-86)94-85(88)78-76-74-72-70-68-66-64-62-60-58-56-54-52-50-48-46-43-38-36-34-32-30-28-26-24-22-20-18-16-14-12-10-8-6-4-2/h5-8,11-14,17-20,23-26,29-32,35-38,40-41,46,48,52,54,58,60,64,66,83H,3-4,9-10,15-16,21-22,27-28,33-34,39,42-45,47,49-51,53,55-57,59,61-63,65,67-82,86H2,1-2H3,(H,89,90)/b7-5-,8-6-,13-11-,14-12-,19-17-,20-18-,25-23-,26-24-,31-29-,32-30-,37-35-,38-36-,41-40-,48-46-,54-52-,60-58-,66-64-. The molecule has 9 nitrogen and oxygen atoms in total. The fourth-order valence-electron chi connectivity index (χ4n) is 9.70. The molecule has 0 aliphatic heterocycles. The monoisotopic (exact) mass is 1330 g/mol. The average Bonchev–Trinajstić information content (AvgIpc) is 3.32. The fourth-order valence-corrected chi connectivity index (χ4v) is 10.5. The Morgan fingerprint density at radius 1 is 0.316 bits per heavy atom. The van der Waals surface area contributed by atoms with Gasteiger partial charge in [0.05, 0.1) is 13.2 Å². The number of allylic oxidation sites excluding steroid dienone is 34. The maximum atomic E-state index is 12.8. The second-order valence-electron chi connectivity index (χ2n) is 24.0. The Balaban J connectivity index is 3.97. The zero-order chi connectivity index (χ0) is 68.6. The highest BCUT2D eigenvalue weighted by molar-refractivity contribution is 7.47. The van der Waals surface area contributed by atoms with Gasteiger partial charge in [-0.1, -0.05) is 330 Å². The number of ether oxygens (including phenoxy) is 2. The van der Waals surface area contributed by atoms with Crippen molar-refractivity contribution >= 4 is 19.8 Å². The summed E-state index contributed by atoms with van der Waals surface area (Å²) in [5.41, 5.74) is 5.40. The molecular formula is C85H136NO8P. The van der Waals surface area contributed by atoms with Gasteiger partial charge in [-0.3, -0.25) is 18.6 Å². The van der Waals surface area contributed by atoms with Crippen molar-refractivity contribution in [1.82, 2.24) is 0 Å². The molecule has 0 aromatic heterocycles. The number of hydrogen-bond acceptors (Lipinski definition) is 8. The molecule has 0 heterocycles. The van der Waals surface area contributed by atoms with Crippen molar-refractivity contribution in [2.24, 2.45) is 5.73 Å². The summed E-state index contributed by atoms with van der Waals surface area (Å²) in [5.74, 6) is -0.865. The van der Waals surface area contributed by atoms with Crippen LogP contribution in [0.2, 0.25) is 0 Å². The third-order valence-corrected chi connectivity index (χ3v) is 16.1. The highest BCUT2D eigenvalue weighted by Gasteiger charge is 2.26. The molecule has 2 atom stereocenters. The van der Waals surface area contributed by atoms with Crippen molar-refractivity contribution in [3.8, 4) is 0 Å². The summed E-state index contributed by atoms with van der Waals surface area (Å²) in [5, 5.41) is 0. The molecule has 0 fully saturated rings. The number of carbonyl (C=O) groups excluding carboxylic acids is 2. The molecule has 0 aromatic carbocycles. The number of nitrogens with two attached hydrogens (primary N) is 1. The zero-order valence-corrected chi connectivity index (χ0v) is 61.0. The molecule has 0 aliphatic carbocycles. The summed E-state index contributed by atoms with van der Waals surface area (Å²) in [4.78, 5) is 35.4. The number of phosphoric acid groups is 1. The molecule has 0 saturated heterocycles. The first-order valence-corrected chi connectivity index (χ1v) is 39.1. The number of unbranched alkanes of at least 4 members (excludes halogenated alkanes) is 21. The maximum Gasteiger partial charge on any atom is 0.472 e. The third-order valence-electron chi connectivity index (χ3n) is 15.2. The maximum absolute atomic E-state index is 12.8. The van der Waals surface area contributed by atoms with Gasteiger partial charge in [0.25, 0.3) is 0 Å². The first-order valence-electron chi connectivity index (χ1n) is 37.6. The van der Waals surface area contributed by atoms with E-state index in [9.17, 15) is 19.0 Å². The number of rotatable bonds is 68. The van der Waals surface area contributed by atoms with E-state index < -0.39 is 32.5 Å². The van der Waals surface area contributed by atoms with E-state index in [-0.39, 0.29) is 32.6 Å². The Morgan fingerprint density at radius 2 is 0.547 bits per heavy atom. The summed E-state index contributed by atoms with van der Waals surface area (Å²) < 4.78 is 33.2. The Bertz CT molecular complexity index is 2320. The van der Waals surface area contributed by atoms with Crippen LogP contribution >= 0.6 is 7.82 Å². The van der Waals surface area contributed by atoms with Crippen LogP contribution in [0.1, 0.15) is 284 Å². The molecule has 0 radical (unpaired) electrons. The summed E-state index contributed by atoms with van der Waals surface area (Å²) in [6.45, 7) is 3.48. The minimum Gasteiger partial charge on any atom is -0.462 e. The second-order valence-corrected chi connectivity index (χ2v) is 25.5. The summed E-state index contributed by atoms with van der Waals surface area (Å²) in [7, 11) is -4.42. The van der Waals surface area contributed by atoms with E-state index in [0.717, 1.165) is 154 Å². The van der Waals surface area contributed by atoms with Crippen LogP contribution in [0.4, 0.5) is 0 Å². The van der Waals surface area contributed by atoms with E-state index in [1.165, 1.54) is 96.3 Å². The topological polar surface area (TPSA) is 134 Å². The van der Waals surface area contributed by atoms with Crippen molar-refractivity contribution in [3.63, 3.8) is 0 Å². The Hall–Kier alpha value is -5.41. The van der Waals surface area contributed by atoms with Crippen LogP contribution in [0.3, 0.4) is 0 Å². The number of carbonyl (C=O) groups is 2. The molecule has 10 heteroatoms. The molecule has 3 N–H and O–H groups in total. The molecule has 0 rings (SSSR count). The predicted octanol–water partition coefficient (Wildman–Crippen LogP) is 25.4. The van der Waals surface area contributed by atoms with Gasteiger partial charge in [0, 0.05) is 19.4 Å². The van der Waals surface area contributed by atoms with Crippen LogP contribution in [0.15, 0.2) is 207 Å². The lowest BCUT2D eigenvalue weighted by molar-refractivity contribution is -0.161. The van der Waals surface area contributed by atoms with Crippen molar-refractivity contribution in [2.45, 2.75) is 290 Å². The highest BCUT2D eigenvalue weighted by Crippen LogP contribution is 2.43. The summed E-state index contributed by atoms with van der Waals surface area (Å²) >= 11 is 0. The Morgan fingerprint density at radius 3 is 0.811 bits per heavy atom. The van der Waals surface area contributed by atoms with E-state index in [0.29, 0.717) is 6.42 Å². The lowest BCUT2D eigenvalue weighted by Gasteiger charge is -2.19. The van der Waals surface area contributed by atoms with Crippen molar-refractivity contribution < 1.29 is 37.6 Å². The quantitative estimate of drug-likeness (QED) is 0.0264. The zero-order valence-electron chi connectivity index (χ0n) is 60.1. The van der Waals surface area contributed by atoms with E-state index in [2.05, 4.69) is 220 Å². The Labute approximate surface area is 582 Å². The van der Waals surface area contributed by atoms with Gasteiger partial charge in [-0.25, -0.2) is 4.57 Å². The van der Waals surface area contributed by atoms with Gasteiger partial charge in [-0.2, -0.15) is 0 Å². The number of esters is 2. The van der Waals surface area contributed by atoms with Gasteiger partial charge >= 0.3 is 19.8 Å². The van der Waals surface area contributed by atoms with Gasteiger partial charge in [0.15, 0.2) is 6.10 Å². The van der Waals surface area contributed by atoms with Crippen molar-refractivity contribution in [1.29, 1.82) is 0 Å². The molecular weight excluding hydrogens is 1190 g/mol. The smallest absolute Gasteiger partial charge is 0.462 e. The van der Waals surface area contributed by atoms with Crippen LogP contribution < -0.4 is 5.73 Å². The molecule has 95 heavy (non-hydrogen) atoms. The van der Waals surface area contributed by atoms with E-state index in [1.54, 1.807) is 0 Å². The molecule has 0 aromatic rings. The van der Waals surface area contributed by atoms with E-state index >= 15 is 0 Å². The second kappa shape index (κ2) is 77.6. The van der Waals surface area contributed by atoms with Gasteiger partial charge in [-0.15, -0.1) is 0 Å². The van der Waals surface area contributed by atoms with Gasteiger partial charge in [0.1, 0.15) is 6.61 Å². The normalized spacial score (nSPS) is 14.1. The molecule has 0 bridgehead atoms. The SMILES string of the molecule is CC/C=C\C/C=C\C/C=C\C/C=C\C/C=C\C/C=C\C/C=C\C/C=C\C/C=C\C/C=C\CCCCCCC(=O)OC(COC(=O)CCCCCCCCCCCCCCCCCCC/C=C\C/C=C\C/C=C\C/C=C\C/C=C\C/C=C\C/C=C\CC)COP(=O)(O)OCCN. The average molecular weight is 1330 g/mol. The number of phosphoric ester groups is 1. The molecule has 0 aliphatic rings. The van der Waals surface area contributed by atoms with E-state index in [4.69, 9.17) is 24.3 Å². The van der Waals surface area contributed by atoms with E-state index in [1.807, 2.05) is 0 Å². The predicted molar refractivity (Wildman–Crippen MR) is 412 cm³/mol. The van der Waals surface area contributed by atoms with Crippen LogP contribution in [-0.2, 0) is 32.7 Å². The van der Waals surface area contributed by atoms with Crippen molar-refractivity contribution in [2.75, 3.05) is 26.4 Å².